The molecule has 1 unspecified atom stereocenters. The first-order valence-electron chi connectivity index (χ1n) is 19.1. The first kappa shape index (κ1) is 43.7. The van der Waals surface area contributed by atoms with Crippen molar-refractivity contribution in [3.05, 3.63) is 47.8 Å². The number of hydrogen-bond acceptors (Lipinski definition) is 11. The van der Waals surface area contributed by atoms with Gasteiger partial charge in [0, 0.05) is 50.0 Å². The number of nitriles is 1. The van der Waals surface area contributed by atoms with E-state index in [4.69, 9.17) is 22.2 Å². The zero-order valence-electron chi connectivity index (χ0n) is 32.2. The predicted octanol–water partition coefficient (Wildman–Crippen LogP) is 4.42. The van der Waals surface area contributed by atoms with Crippen LogP contribution in [0.25, 0.3) is 0 Å². The fourth-order valence-corrected chi connectivity index (χ4v) is 8.60. The van der Waals surface area contributed by atoms with Crippen molar-refractivity contribution in [3.63, 3.8) is 0 Å². The first-order chi connectivity index (χ1) is 27.8. The number of nitrogens with zero attached hydrogens (tertiary/aromatic N) is 6. The molecule has 0 spiro atoms. The lowest BCUT2D eigenvalue weighted by Gasteiger charge is -2.42. The van der Waals surface area contributed by atoms with Crippen molar-refractivity contribution >= 4 is 58.0 Å². The summed E-state index contributed by atoms with van der Waals surface area (Å²) in [7, 11) is 0. The summed E-state index contributed by atoms with van der Waals surface area (Å²) in [4.78, 5) is 59.2. The van der Waals surface area contributed by atoms with E-state index in [0.717, 1.165) is 16.0 Å². The van der Waals surface area contributed by atoms with Gasteiger partial charge in [-0.15, -0.1) is 0 Å². The Bertz CT molecular complexity index is 2000. The maximum atomic E-state index is 14.3. The molecule has 2 atom stereocenters. The quantitative estimate of drug-likeness (QED) is 0.166. The number of piperazine rings is 1. The van der Waals surface area contributed by atoms with Gasteiger partial charge in [-0.3, -0.25) is 39.2 Å². The van der Waals surface area contributed by atoms with Crippen molar-refractivity contribution in [2.45, 2.75) is 94.5 Å². The van der Waals surface area contributed by atoms with Crippen LogP contribution in [0.2, 0.25) is 0 Å². The topological polar surface area (TPSA) is 163 Å². The molecule has 3 N–H and O–H groups in total. The highest BCUT2D eigenvalue weighted by molar-refractivity contribution is 7.80. The number of thiocarbonyl (C=S) groups is 1. The van der Waals surface area contributed by atoms with Crippen LogP contribution >= 0.6 is 12.2 Å². The molecule has 0 radical (unpaired) electrons. The number of hydrogen-bond donors (Lipinski definition) is 3. The minimum absolute atomic E-state index is 0.0167. The van der Waals surface area contributed by atoms with Gasteiger partial charge in [-0.1, -0.05) is 6.07 Å². The molecule has 0 bridgehead atoms. The first-order valence-corrected chi connectivity index (χ1v) is 19.5. The van der Waals surface area contributed by atoms with E-state index in [-0.39, 0.29) is 68.1 Å². The molecule has 4 fully saturated rings. The summed E-state index contributed by atoms with van der Waals surface area (Å²) in [5, 5.41) is 17.0. The molecule has 3 aliphatic heterocycles. The molecule has 4 amide bonds. The zero-order chi connectivity index (χ0) is 42.9. The maximum Gasteiger partial charge on any atom is 0.419 e. The summed E-state index contributed by atoms with van der Waals surface area (Å²) in [5.74, 6) is -2.00. The van der Waals surface area contributed by atoms with Crippen molar-refractivity contribution in [1.29, 1.82) is 5.26 Å². The highest BCUT2D eigenvalue weighted by Crippen LogP contribution is 2.40. The highest BCUT2D eigenvalue weighted by atomic mass is 32.1. The Morgan fingerprint density at radius 2 is 1.76 bits per heavy atom. The number of carbonyl (C=O) groups is 4. The molecule has 1 aromatic heterocycles. The van der Waals surface area contributed by atoms with E-state index < -0.39 is 65.5 Å². The summed E-state index contributed by atoms with van der Waals surface area (Å²) >= 11 is 5.65. The third-order valence-electron chi connectivity index (χ3n) is 11.1. The minimum Gasteiger partial charge on any atom is -0.377 e. The van der Waals surface area contributed by atoms with Gasteiger partial charge in [-0.2, -0.15) is 31.6 Å². The average Bonchev–Trinajstić information content (AvgIpc) is 3.34. The lowest BCUT2D eigenvalue weighted by atomic mass is 9.89. The number of alkyl halides is 6. The Hall–Kier alpha value is -4.91. The second-order valence-corrected chi connectivity index (χ2v) is 15.8. The van der Waals surface area contributed by atoms with Gasteiger partial charge in [0.05, 0.1) is 36.7 Å². The molecule has 1 aliphatic carbocycles. The van der Waals surface area contributed by atoms with Gasteiger partial charge in [0.15, 0.2) is 10.8 Å². The van der Waals surface area contributed by atoms with E-state index in [1.165, 1.54) is 6.07 Å². The lowest BCUT2D eigenvalue weighted by molar-refractivity contribution is -0.197. The normalized spacial score (nSPS) is 24.5. The van der Waals surface area contributed by atoms with Gasteiger partial charge in [-0.05, 0) is 82.4 Å². The van der Waals surface area contributed by atoms with Crippen LogP contribution in [0.15, 0.2) is 36.5 Å². The van der Waals surface area contributed by atoms with Crippen molar-refractivity contribution in [3.8, 4) is 6.07 Å². The molecular weight excluding hydrogens is 809 g/mol. The van der Waals surface area contributed by atoms with Crippen LogP contribution in [0.3, 0.4) is 0 Å². The van der Waals surface area contributed by atoms with E-state index in [0.29, 0.717) is 49.5 Å². The van der Waals surface area contributed by atoms with Gasteiger partial charge in [0.25, 0.3) is 5.91 Å². The molecule has 2 aromatic rings. The molecule has 21 heteroatoms. The van der Waals surface area contributed by atoms with E-state index in [9.17, 15) is 45.5 Å². The third-order valence-corrected chi connectivity index (χ3v) is 11.4. The summed E-state index contributed by atoms with van der Waals surface area (Å²) in [6, 6.07) is 5.74. The molecule has 318 valence electrons. The Kier molecular flexibility index (Phi) is 12.8. The highest BCUT2D eigenvalue weighted by Gasteiger charge is 2.53. The fourth-order valence-electron chi connectivity index (χ4n) is 8.03. The fraction of sp³-hybridized carbons (Fsp3) is 0.553. The zero-order valence-corrected chi connectivity index (χ0v) is 33.0. The number of rotatable bonds is 11. The summed E-state index contributed by atoms with van der Waals surface area (Å²) < 4.78 is 90.0. The monoisotopic (exact) mass is 851 g/mol. The van der Waals surface area contributed by atoms with Crippen molar-refractivity contribution in [2.75, 3.05) is 54.9 Å². The average molecular weight is 852 g/mol. The molecule has 14 nitrogen and oxygen atoms in total. The number of amides is 4. The minimum atomic E-state index is -4.88. The summed E-state index contributed by atoms with van der Waals surface area (Å²) in [6.45, 7) is 3.06. The van der Waals surface area contributed by atoms with E-state index in [1.54, 1.807) is 47.9 Å². The molecule has 1 saturated carbocycles. The van der Waals surface area contributed by atoms with Gasteiger partial charge in [0.2, 0.25) is 17.7 Å². The van der Waals surface area contributed by atoms with Gasteiger partial charge < -0.3 is 20.3 Å². The number of carbonyl (C=O) groups excluding carboxylic acids is 4. The van der Waals surface area contributed by atoms with Crippen molar-refractivity contribution in [2.24, 2.45) is 0 Å². The van der Waals surface area contributed by atoms with E-state index in [1.807, 2.05) is 0 Å². The number of anilines is 3. The number of nitrogens with one attached hydrogen (secondary N) is 3. The Morgan fingerprint density at radius 1 is 1.05 bits per heavy atom. The Labute approximate surface area is 341 Å². The number of pyridine rings is 1. The van der Waals surface area contributed by atoms with Crippen molar-refractivity contribution in [1.82, 2.24) is 25.0 Å². The van der Waals surface area contributed by atoms with Crippen molar-refractivity contribution < 1.29 is 50.3 Å². The van der Waals surface area contributed by atoms with Crippen LogP contribution in [0.1, 0.15) is 63.6 Å². The van der Waals surface area contributed by atoms with Crippen LogP contribution in [-0.4, -0.2) is 124 Å². The Morgan fingerprint density at radius 3 is 2.42 bits per heavy atom. The standard InChI is InChI=1S/C38H43F6N9O5S/c1-36(2)34(57)52(25-17-27(37(39,40)41)29(18-45)46-19-25)35(59)53(36)24-6-8-26(9-7-24)58-15-14-50-12-13-51(30(20-50)38(42,43)44)21-32(55)48-23-5-3-4-22(16-23)47-28-10-11-31(54)49-33(28)56/h3-5,16-17,19,24,26,28,30,47H,6-15,20-21H2,1-2H3,(H,48,55)(H,49,54,56)/t24-,26-,28?,30-/m1/s1. The van der Waals surface area contributed by atoms with Crippen LogP contribution in [0, 0.1) is 11.3 Å². The van der Waals surface area contributed by atoms with E-state index >= 15 is 0 Å². The summed E-state index contributed by atoms with van der Waals surface area (Å²) in [5.41, 5.74) is -2.67. The maximum absolute atomic E-state index is 14.3. The molecule has 4 heterocycles. The molecule has 59 heavy (non-hydrogen) atoms. The smallest absolute Gasteiger partial charge is 0.377 e. The van der Waals surface area contributed by atoms with Gasteiger partial charge in [-0.25, -0.2) is 4.98 Å². The largest absolute Gasteiger partial charge is 0.419 e. The van der Waals surface area contributed by atoms with Crippen LogP contribution in [-0.2, 0) is 30.1 Å². The predicted molar refractivity (Wildman–Crippen MR) is 205 cm³/mol. The molecule has 4 aliphatic rings. The van der Waals surface area contributed by atoms with Crippen LogP contribution in [0.5, 0.6) is 0 Å². The number of ether oxygens (including phenoxy) is 1. The van der Waals surface area contributed by atoms with Gasteiger partial charge in [0.1, 0.15) is 23.7 Å². The molecule has 6 rings (SSSR count). The number of imide groups is 1. The molecule has 3 saturated heterocycles. The van der Waals surface area contributed by atoms with Crippen LogP contribution < -0.4 is 20.9 Å². The lowest BCUT2D eigenvalue weighted by Crippen LogP contribution is -2.60. The number of halogens is 6. The third kappa shape index (κ3) is 9.94. The number of piperidine rings is 1. The second kappa shape index (κ2) is 17.4. The SMILES string of the molecule is CC1(C)C(=O)N(c2cnc(C#N)c(C(F)(F)F)c2)C(=S)N1[C@H]1CC[C@H](OCCN2CCN(CC(=O)Nc3cccc(NC4CCC(=O)NC4=O)c3)[C@@H](C(F)(F)F)C2)CC1. The van der Waals surface area contributed by atoms with Gasteiger partial charge >= 0.3 is 12.4 Å². The summed E-state index contributed by atoms with van der Waals surface area (Å²) in [6.07, 6.45) is -6.05. The van der Waals surface area contributed by atoms with Crippen LogP contribution in [0.4, 0.5) is 43.4 Å². The number of aromatic nitrogens is 1. The van der Waals surface area contributed by atoms with E-state index in [2.05, 4.69) is 20.9 Å². The molecule has 1 aromatic carbocycles. The second-order valence-electron chi connectivity index (χ2n) is 15.5. The Balaban J connectivity index is 0.971. The number of benzene rings is 1. The molecular formula is C38H43F6N9O5S.